The monoisotopic (exact) mass is 421 g/mol. The molecule has 0 aromatic carbocycles. The van der Waals surface area contributed by atoms with Crippen molar-refractivity contribution in [2.75, 3.05) is 39.6 Å². The molecule has 164 valence electrons. The predicted octanol–water partition coefficient (Wildman–Crippen LogP) is -0.860. The van der Waals surface area contributed by atoms with Crippen LogP contribution in [-0.4, -0.2) is 79.3 Å². The summed E-state index contributed by atoms with van der Waals surface area (Å²) in [5, 5.41) is 14.0. The number of likely N-dealkylation sites (tertiary alicyclic amines) is 1. The van der Waals surface area contributed by atoms with E-state index in [0.717, 1.165) is 4.90 Å². The van der Waals surface area contributed by atoms with E-state index in [1.165, 1.54) is 0 Å². The number of rotatable bonds is 11. The molecular formula is C20H27N3O7. The van der Waals surface area contributed by atoms with Crippen molar-refractivity contribution in [1.82, 2.24) is 15.5 Å². The van der Waals surface area contributed by atoms with Crippen LogP contribution in [0.3, 0.4) is 0 Å². The molecule has 2 fully saturated rings. The van der Waals surface area contributed by atoms with Gasteiger partial charge >= 0.3 is 0 Å². The number of aliphatic hydroxyl groups excluding tert-OH is 1. The van der Waals surface area contributed by atoms with Crippen LogP contribution < -0.4 is 10.6 Å². The van der Waals surface area contributed by atoms with Crippen molar-refractivity contribution in [1.29, 1.82) is 0 Å². The van der Waals surface area contributed by atoms with E-state index in [2.05, 4.69) is 10.6 Å². The number of nitrogens with one attached hydrogen (secondary N) is 2. The topological polar surface area (TPSA) is 134 Å². The fourth-order valence-corrected chi connectivity index (χ4v) is 3.68. The van der Waals surface area contributed by atoms with E-state index in [1.807, 2.05) is 0 Å². The lowest BCUT2D eigenvalue weighted by molar-refractivity contribution is -0.149. The van der Waals surface area contributed by atoms with Crippen LogP contribution in [0.15, 0.2) is 22.9 Å². The lowest BCUT2D eigenvalue weighted by Gasteiger charge is -2.27. The van der Waals surface area contributed by atoms with Crippen molar-refractivity contribution >= 4 is 23.6 Å². The van der Waals surface area contributed by atoms with Gasteiger partial charge in [-0.2, -0.15) is 0 Å². The third-order valence-electron chi connectivity index (χ3n) is 5.12. The first kappa shape index (κ1) is 22.1. The van der Waals surface area contributed by atoms with E-state index in [0.29, 0.717) is 69.1 Å². The summed E-state index contributed by atoms with van der Waals surface area (Å²) in [6.45, 7) is 2.31. The molecule has 30 heavy (non-hydrogen) atoms. The molecule has 2 heterocycles. The van der Waals surface area contributed by atoms with Crippen LogP contribution in [0.5, 0.6) is 0 Å². The summed E-state index contributed by atoms with van der Waals surface area (Å²) < 4.78 is 10.7. The Labute approximate surface area is 174 Å². The first-order valence-electron chi connectivity index (χ1n) is 10.2. The Hall–Kier alpha value is -2.56. The summed E-state index contributed by atoms with van der Waals surface area (Å²) in [4.78, 5) is 50.3. The summed E-state index contributed by atoms with van der Waals surface area (Å²) in [6, 6.07) is -0.961. The van der Waals surface area contributed by atoms with Gasteiger partial charge in [-0.3, -0.25) is 29.4 Å². The number of imide groups is 2. The number of amides is 4. The molecule has 3 rings (SSSR count). The van der Waals surface area contributed by atoms with Gasteiger partial charge in [0.25, 0.3) is 11.8 Å². The number of carbonyl (C=O) groups excluding carboxylic acids is 4. The molecule has 10 nitrogen and oxygen atoms in total. The van der Waals surface area contributed by atoms with E-state index in [4.69, 9.17) is 14.6 Å². The quantitative estimate of drug-likeness (QED) is 0.290. The Morgan fingerprint density at radius 3 is 2.57 bits per heavy atom. The Morgan fingerprint density at radius 1 is 1.07 bits per heavy atom. The molecule has 2 saturated heterocycles. The van der Waals surface area contributed by atoms with E-state index in [-0.39, 0.29) is 19.4 Å². The maximum Gasteiger partial charge on any atom is 0.264 e. The summed E-state index contributed by atoms with van der Waals surface area (Å²) in [7, 11) is 0. The highest BCUT2D eigenvalue weighted by molar-refractivity contribution is 6.26. The second-order valence-corrected chi connectivity index (χ2v) is 7.19. The van der Waals surface area contributed by atoms with Gasteiger partial charge in [0.1, 0.15) is 6.04 Å². The normalized spacial score (nSPS) is 21.7. The van der Waals surface area contributed by atoms with Crippen molar-refractivity contribution in [2.45, 2.75) is 38.1 Å². The van der Waals surface area contributed by atoms with Gasteiger partial charge in [-0.15, -0.1) is 0 Å². The molecule has 1 atom stereocenters. The molecule has 4 amide bonds. The number of fused-ring (bicyclic) bond motifs is 1. The highest BCUT2D eigenvalue weighted by atomic mass is 16.5. The lowest BCUT2D eigenvalue weighted by Crippen LogP contribution is -2.54. The minimum absolute atomic E-state index is 0.0950. The molecule has 10 heteroatoms. The number of allylic oxidation sites excluding steroid dienone is 2. The van der Waals surface area contributed by atoms with Crippen LogP contribution >= 0.6 is 0 Å². The molecule has 0 spiro atoms. The third-order valence-corrected chi connectivity index (χ3v) is 5.12. The molecule has 0 radical (unpaired) electrons. The second kappa shape index (κ2) is 10.5. The summed E-state index contributed by atoms with van der Waals surface area (Å²) in [6.07, 6.45) is 3.76. The van der Waals surface area contributed by atoms with Crippen LogP contribution in [0.25, 0.3) is 0 Å². The Bertz CT molecular complexity index is 774. The molecule has 0 aromatic rings. The molecule has 3 N–H and O–H groups in total. The Morgan fingerprint density at radius 2 is 1.83 bits per heavy atom. The van der Waals surface area contributed by atoms with Crippen LogP contribution in [0, 0.1) is 0 Å². The van der Waals surface area contributed by atoms with Gasteiger partial charge in [0, 0.05) is 31.9 Å². The van der Waals surface area contributed by atoms with E-state index in [9.17, 15) is 19.2 Å². The van der Waals surface area contributed by atoms with Crippen LogP contribution in [-0.2, 0) is 28.7 Å². The molecule has 1 unspecified atom stereocenters. The zero-order valence-electron chi connectivity index (χ0n) is 16.8. The number of nitrogens with zero attached hydrogens (tertiary/aromatic N) is 1. The number of piperidine rings is 1. The molecule has 1 aliphatic carbocycles. The number of aliphatic hydroxyl groups is 1. The summed E-state index contributed by atoms with van der Waals surface area (Å²) >= 11 is 0. The van der Waals surface area contributed by atoms with E-state index >= 15 is 0 Å². The molecule has 2 aliphatic heterocycles. The van der Waals surface area contributed by atoms with Gasteiger partial charge in [0.2, 0.25) is 11.8 Å². The fraction of sp³-hybridized carbons (Fsp3) is 0.600. The highest BCUT2D eigenvalue weighted by Gasteiger charge is 2.48. The smallest absolute Gasteiger partial charge is 0.264 e. The minimum atomic E-state index is -0.961. The number of hydrogen-bond acceptors (Lipinski definition) is 8. The Kier molecular flexibility index (Phi) is 7.72. The van der Waals surface area contributed by atoms with Gasteiger partial charge in [0.15, 0.2) is 0 Å². The van der Waals surface area contributed by atoms with E-state index in [1.54, 1.807) is 6.08 Å². The van der Waals surface area contributed by atoms with E-state index < -0.39 is 29.7 Å². The standard InChI is InChI=1S/C20H27N3O7/c24-8-2-9-29-11-12-30-10-7-21-14-4-1-3-13-17(14)20(28)23(19(13)27)15-5-6-16(25)22-18(15)26/h3,15,21,24H,1-2,4-12H2,(H,22,25,26). The van der Waals surface area contributed by atoms with Gasteiger partial charge in [-0.25, -0.2) is 0 Å². The number of hydrogen-bond donors (Lipinski definition) is 3. The van der Waals surface area contributed by atoms with Gasteiger partial charge in [0.05, 0.1) is 31.0 Å². The average Bonchev–Trinajstić information content (AvgIpc) is 2.98. The van der Waals surface area contributed by atoms with Crippen molar-refractivity contribution in [3.8, 4) is 0 Å². The van der Waals surface area contributed by atoms with Gasteiger partial charge < -0.3 is 19.9 Å². The minimum Gasteiger partial charge on any atom is -0.396 e. The second-order valence-electron chi connectivity index (χ2n) is 7.19. The lowest BCUT2D eigenvalue weighted by atomic mass is 9.96. The maximum atomic E-state index is 13.0. The first-order valence-corrected chi connectivity index (χ1v) is 10.2. The van der Waals surface area contributed by atoms with Gasteiger partial charge in [-0.1, -0.05) is 6.08 Å². The molecule has 0 bridgehead atoms. The molecule has 0 saturated carbocycles. The summed E-state index contributed by atoms with van der Waals surface area (Å²) in [5.74, 6) is -2.00. The zero-order chi connectivity index (χ0) is 21.5. The fourth-order valence-electron chi connectivity index (χ4n) is 3.68. The molecular weight excluding hydrogens is 394 g/mol. The van der Waals surface area contributed by atoms with Crippen molar-refractivity contribution in [3.63, 3.8) is 0 Å². The number of carbonyl (C=O) groups is 4. The SMILES string of the molecule is O=C1CCC(N2C(=O)C3=CCCC(NCCOCCOCCCO)=C3C2=O)C(=O)N1. The third kappa shape index (κ3) is 4.94. The van der Waals surface area contributed by atoms with Crippen LogP contribution in [0.2, 0.25) is 0 Å². The Balaban J connectivity index is 1.56. The maximum absolute atomic E-state index is 13.0. The highest BCUT2D eigenvalue weighted by Crippen LogP contribution is 2.35. The first-order chi connectivity index (χ1) is 14.5. The van der Waals surface area contributed by atoms with Crippen molar-refractivity contribution in [2.24, 2.45) is 0 Å². The van der Waals surface area contributed by atoms with Crippen LogP contribution in [0.1, 0.15) is 32.1 Å². The van der Waals surface area contributed by atoms with Crippen molar-refractivity contribution in [3.05, 3.63) is 22.9 Å². The van der Waals surface area contributed by atoms with Gasteiger partial charge in [-0.05, 0) is 25.7 Å². The predicted molar refractivity (Wildman–Crippen MR) is 104 cm³/mol. The number of ether oxygens (including phenoxy) is 2. The zero-order valence-corrected chi connectivity index (χ0v) is 16.8. The largest absolute Gasteiger partial charge is 0.396 e. The molecule has 0 aromatic heterocycles. The average molecular weight is 421 g/mol. The van der Waals surface area contributed by atoms with Crippen LogP contribution in [0.4, 0.5) is 0 Å². The molecule has 3 aliphatic rings. The summed E-state index contributed by atoms with van der Waals surface area (Å²) in [5.41, 5.74) is 1.29. The van der Waals surface area contributed by atoms with Crippen molar-refractivity contribution < 1.29 is 33.8 Å².